The number of aromatic nitrogens is 2. The van der Waals surface area contributed by atoms with Crippen LogP contribution in [0.4, 0.5) is 0 Å². The number of aryl methyl sites for hydroxylation is 2. The summed E-state index contributed by atoms with van der Waals surface area (Å²) in [5, 5.41) is 9.75. The van der Waals surface area contributed by atoms with Crippen LogP contribution in [-0.4, -0.2) is 34.8 Å². The minimum Gasteiger partial charge on any atom is -0.379 e. The summed E-state index contributed by atoms with van der Waals surface area (Å²) in [6, 6.07) is 0. The molecule has 0 saturated carbocycles. The number of thioether (sulfide) groups is 1. The highest BCUT2D eigenvalue weighted by atomic mass is 32.2. The van der Waals surface area contributed by atoms with Crippen molar-refractivity contribution in [2.45, 2.75) is 30.7 Å². The Bertz CT molecular complexity index is 360. The Morgan fingerprint density at radius 2 is 2.31 bits per heavy atom. The van der Waals surface area contributed by atoms with E-state index in [9.17, 15) is 0 Å². The molecule has 0 atom stereocenters. The van der Waals surface area contributed by atoms with Gasteiger partial charge in [-0.25, -0.2) is 0 Å². The first-order valence-electron chi connectivity index (χ1n) is 5.70. The second kappa shape index (κ2) is 5.21. The van der Waals surface area contributed by atoms with Gasteiger partial charge in [0.1, 0.15) is 0 Å². The summed E-state index contributed by atoms with van der Waals surface area (Å²) in [4.78, 5) is 0. The van der Waals surface area contributed by atoms with Crippen LogP contribution in [0, 0.1) is 6.92 Å². The molecule has 0 aromatic carbocycles. The van der Waals surface area contributed by atoms with E-state index in [1.165, 1.54) is 10.6 Å². The van der Waals surface area contributed by atoms with Crippen LogP contribution >= 0.6 is 11.8 Å². The highest BCUT2D eigenvalue weighted by Crippen LogP contribution is 2.31. The van der Waals surface area contributed by atoms with E-state index in [1.807, 2.05) is 23.5 Å². The van der Waals surface area contributed by atoms with Crippen molar-refractivity contribution < 1.29 is 4.74 Å². The van der Waals surface area contributed by atoms with Crippen LogP contribution in [0.1, 0.15) is 18.2 Å². The van der Waals surface area contributed by atoms with Crippen molar-refractivity contribution in [3.8, 4) is 0 Å². The molecule has 5 heteroatoms. The zero-order chi connectivity index (χ0) is 11.5. The van der Waals surface area contributed by atoms with E-state index in [-0.39, 0.29) is 0 Å². The standard InChI is InChI=1S/C11H19N3OS/c1-4-12-5-10-8(2)13-14(3)11(10)16-9-6-15-7-9/h9,12H,4-7H2,1-3H3. The molecule has 1 saturated heterocycles. The molecule has 4 nitrogen and oxygen atoms in total. The van der Waals surface area contributed by atoms with Crippen molar-refractivity contribution in [1.82, 2.24) is 15.1 Å². The average Bonchev–Trinajstić information content (AvgIpc) is 2.44. The Labute approximate surface area is 101 Å². The van der Waals surface area contributed by atoms with E-state index in [0.717, 1.165) is 32.0 Å². The number of hydrogen-bond acceptors (Lipinski definition) is 4. The lowest BCUT2D eigenvalue weighted by Crippen LogP contribution is -2.30. The monoisotopic (exact) mass is 241 g/mol. The first-order valence-corrected chi connectivity index (χ1v) is 6.58. The Balaban J connectivity index is 2.12. The largest absolute Gasteiger partial charge is 0.379 e. The molecule has 0 spiro atoms. The first kappa shape index (κ1) is 12.0. The van der Waals surface area contributed by atoms with Crippen LogP contribution in [0.25, 0.3) is 0 Å². The first-order chi connectivity index (χ1) is 7.72. The second-order valence-corrected chi connectivity index (χ2v) is 5.34. The highest BCUT2D eigenvalue weighted by molar-refractivity contribution is 8.00. The van der Waals surface area contributed by atoms with Gasteiger partial charge in [0.05, 0.1) is 29.2 Å². The predicted molar refractivity (Wildman–Crippen MR) is 65.8 cm³/mol. The van der Waals surface area contributed by atoms with E-state index >= 15 is 0 Å². The summed E-state index contributed by atoms with van der Waals surface area (Å²) in [5.41, 5.74) is 2.47. The van der Waals surface area contributed by atoms with Gasteiger partial charge in [-0.3, -0.25) is 4.68 Å². The molecule has 0 amide bonds. The molecule has 90 valence electrons. The normalized spacial score (nSPS) is 16.4. The molecule has 2 rings (SSSR count). The molecule has 0 radical (unpaired) electrons. The third kappa shape index (κ3) is 2.42. The van der Waals surface area contributed by atoms with E-state index in [0.29, 0.717) is 5.25 Å². The average molecular weight is 241 g/mol. The van der Waals surface area contributed by atoms with Gasteiger partial charge in [-0.05, 0) is 13.5 Å². The summed E-state index contributed by atoms with van der Waals surface area (Å²) >= 11 is 1.89. The molecule has 0 aliphatic carbocycles. The van der Waals surface area contributed by atoms with Crippen molar-refractivity contribution in [2.24, 2.45) is 7.05 Å². The molecule has 1 aromatic heterocycles. The van der Waals surface area contributed by atoms with Crippen molar-refractivity contribution >= 4 is 11.8 Å². The summed E-state index contributed by atoms with van der Waals surface area (Å²) in [5.74, 6) is 0. The van der Waals surface area contributed by atoms with Crippen molar-refractivity contribution in [3.63, 3.8) is 0 Å². The van der Waals surface area contributed by atoms with Gasteiger partial charge in [-0.2, -0.15) is 5.10 Å². The number of ether oxygens (including phenoxy) is 1. The Morgan fingerprint density at radius 1 is 1.56 bits per heavy atom. The molecule has 16 heavy (non-hydrogen) atoms. The van der Waals surface area contributed by atoms with Crippen LogP contribution in [0.2, 0.25) is 0 Å². The van der Waals surface area contributed by atoms with Crippen molar-refractivity contribution in [2.75, 3.05) is 19.8 Å². The number of nitrogens with zero attached hydrogens (tertiary/aromatic N) is 2. The molecular weight excluding hydrogens is 222 g/mol. The van der Waals surface area contributed by atoms with Crippen molar-refractivity contribution in [3.05, 3.63) is 11.3 Å². The summed E-state index contributed by atoms with van der Waals surface area (Å²) in [6.45, 7) is 7.84. The number of nitrogens with one attached hydrogen (secondary N) is 1. The molecule has 0 unspecified atom stereocenters. The topological polar surface area (TPSA) is 39.1 Å². The Kier molecular flexibility index (Phi) is 3.89. The van der Waals surface area contributed by atoms with Crippen LogP contribution in [0.5, 0.6) is 0 Å². The fourth-order valence-electron chi connectivity index (χ4n) is 1.72. The zero-order valence-corrected chi connectivity index (χ0v) is 10.9. The minimum atomic E-state index is 0.607. The van der Waals surface area contributed by atoms with E-state index in [4.69, 9.17) is 4.74 Å². The van der Waals surface area contributed by atoms with E-state index in [2.05, 4.69) is 24.3 Å². The summed E-state index contributed by atoms with van der Waals surface area (Å²) in [6.07, 6.45) is 0. The number of hydrogen-bond donors (Lipinski definition) is 1. The van der Waals surface area contributed by atoms with Crippen LogP contribution in [0.15, 0.2) is 5.03 Å². The maximum atomic E-state index is 5.21. The fourth-order valence-corrected chi connectivity index (χ4v) is 2.92. The van der Waals surface area contributed by atoms with Gasteiger partial charge in [0.15, 0.2) is 0 Å². The third-order valence-electron chi connectivity index (χ3n) is 2.73. The van der Waals surface area contributed by atoms with Crippen molar-refractivity contribution in [1.29, 1.82) is 0 Å². The lowest BCUT2D eigenvalue weighted by atomic mass is 10.2. The quantitative estimate of drug-likeness (QED) is 0.844. The third-order valence-corrected chi connectivity index (χ3v) is 4.07. The van der Waals surface area contributed by atoms with Crippen LogP contribution in [-0.2, 0) is 18.3 Å². The Hall–Kier alpha value is -0.520. The molecule has 1 aromatic rings. The molecular formula is C11H19N3OS. The predicted octanol–water partition coefficient (Wildman–Crippen LogP) is 1.33. The van der Waals surface area contributed by atoms with E-state index < -0.39 is 0 Å². The maximum Gasteiger partial charge on any atom is 0.0988 e. The highest BCUT2D eigenvalue weighted by Gasteiger charge is 2.23. The number of rotatable bonds is 5. The molecule has 1 fully saturated rings. The molecule has 1 N–H and O–H groups in total. The maximum absolute atomic E-state index is 5.21. The lowest BCUT2D eigenvalue weighted by Gasteiger charge is -2.25. The minimum absolute atomic E-state index is 0.607. The molecule has 2 heterocycles. The zero-order valence-electron chi connectivity index (χ0n) is 10.1. The second-order valence-electron chi connectivity index (χ2n) is 4.05. The van der Waals surface area contributed by atoms with Gasteiger partial charge < -0.3 is 10.1 Å². The lowest BCUT2D eigenvalue weighted by molar-refractivity contribution is 0.0454. The van der Waals surface area contributed by atoms with Gasteiger partial charge in [-0.1, -0.05) is 18.7 Å². The van der Waals surface area contributed by atoms with Gasteiger partial charge in [0, 0.05) is 19.2 Å². The van der Waals surface area contributed by atoms with Crippen LogP contribution in [0.3, 0.4) is 0 Å². The molecule has 0 bridgehead atoms. The van der Waals surface area contributed by atoms with Gasteiger partial charge in [-0.15, -0.1) is 0 Å². The molecule has 1 aliphatic heterocycles. The van der Waals surface area contributed by atoms with Gasteiger partial charge in [0.25, 0.3) is 0 Å². The Morgan fingerprint density at radius 3 is 2.88 bits per heavy atom. The SMILES string of the molecule is CCNCc1c(C)nn(C)c1SC1COC1. The van der Waals surface area contributed by atoms with Gasteiger partial charge >= 0.3 is 0 Å². The van der Waals surface area contributed by atoms with Gasteiger partial charge in [0.2, 0.25) is 0 Å². The van der Waals surface area contributed by atoms with Crippen LogP contribution < -0.4 is 5.32 Å². The molecule has 1 aliphatic rings. The summed E-state index contributed by atoms with van der Waals surface area (Å²) in [7, 11) is 2.02. The van der Waals surface area contributed by atoms with E-state index in [1.54, 1.807) is 0 Å². The smallest absolute Gasteiger partial charge is 0.0988 e. The summed E-state index contributed by atoms with van der Waals surface area (Å²) < 4.78 is 7.20. The fraction of sp³-hybridized carbons (Fsp3) is 0.727.